The number of piperazine rings is 1. The Morgan fingerprint density at radius 2 is 1.68 bits per heavy atom. The molecule has 3 amide bonds. The molecule has 3 rings (SSSR count). The minimum absolute atomic E-state index is 0.100. The van der Waals surface area contributed by atoms with Gasteiger partial charge in [-0.2, -0.15) is 0 Å². The highest BCUT2D eigenvalue weighted by Gasteiger charge is 2.23. The number of pyridine rings is 1. The summed E-state index contributed by atoms with van der Waals surface area (Å²) in [6.45, 7) is 3.25. The van der Waals surface area contributed by atoms with E-state index in [-0.39, 0.29) is 23.1 Å². The lowest BCUT2D eigenvalue weighted by Crippen LogP contribution is -2.48. The van der Waals surface area contributed by atoms with E-state index in [0.717, 1.165) is 6.41 Å². The molecule has 1 aromatic carbocycles. The topological polar surface area (TPSA) is 99.7 Å². The number of nitrogens with zero attached hydrogens (tertiary/aromatic N) is 3. The third-order valence-electron chi connectivity index (χ3n) is 4.48. The standard InChI is InChI=1S/C20H20N4O4/c1-14(26)15-4-2-5-16(12-15)21-19(27)17-6-3-7-18(22-17)20(28)24-10-8-23(13-25)9-11-24/h2-7,12-13H,8-11H2,1H3,(H,21,27). The molecule has 0 aliphatic carbocycles. The van der Waals surface area contributed by atoms with E-state index in [9.17, 15) is 19.2 Å². The van der Waals surface area contributed by atoms with E-state index in [2.05, 4.69) is 10.3 Å². The van der Waals surface area contributed by atoms with Crippen molar-refractivity contribution in [1.82, 2.24) is 14.8 Å². The summed E-state index contributed by atoms with van der Waals surface area (Å²) in [5, 5.41) is 2.69. The minimum Gasteiger partial charge on any atom is -0.342 e. The van der Waals surface area contributed by atoms with Gasteiger partial charge in [0.05, 0.1) is 0 Å². The number of benzene rings is 1. The Kier molecular flexibility index (Phi) is 5.78. The first-order valence-electron chi connectivity index (χ1n) is 8.86. The second-order valence-electron chi connectivity index (χ2n) is 6.43. The van der Waals surface area contributed by atoms with Gasteiger partial charge >= 0.3 is 0 Å². The van der Waals surface area contributed by atoms with Crippen LogP contribution in [0.5, 0.6) is 0 Å². The van der Waals surface area contributed by atoms with Gasteiger partial charge in [0.15, 0.2) is 5.78 Å². The van der Waals surface area contributed by atoms with Crippen LogP contribution in [0.15, 0.2) is 42.5 Å². The van der Waals surface area contributed by atoms with Crippen molar-refractivity contribution in [3.05, 3.63) is 59.4 Å². The lowest BCUT2D eigenvalue weighted by molar-refractivity contribution is -0.119. The average Bonchev–Trinajstić information content (AvgIpc) is 2.73. The Morgan fingerprint density at radius 1 is 1.00 bits per heavy atom. The molecule has 1 aliphatic heterocycles. The summed E-state index contributed by atoms with van der Waals surface area (Å²) in [6, 6.07) is 11.3. The molecule has 0 spiro atoms. The molecule has 28 heavy (non-hydrogen) atoms. The van der Waals surface area contributed by atoms with Crippen LogP contribution in [0.2, 0.25) is 0 Å². The zero-order chi connectivity index (χ0) is 20.1. The summed E-state index contributed by atoms with van der Waals surface area (Å²) in [5.74, 6) is -0.851. The third-order valence-corrected chi connectivity index (χ3v) is 4.48. The van der Waals surface area contributed by atoms with Crippen LogP contribution in [-0.4, -0.2) is 65.0 Å². The molecule has 1 N–H and O–H groups in total. The lowest BCUT2D eigenvalue weighted by atomic mass is 10.1. The zero-order valence-electron chi connectivity index (χ0n) is 15.4. The largest absolute Gasteiger partial charge is 0.342 e. The lowest BCUT2D eigenvalue weighted by Gasteiger charge is -2.32. The highest BCUT2D eigenvalue weighted by molar-refractivity contribution is 6.04. The van der Waals surface area contributed by atoms with Crippen LogP contribution in [0.25, 0.3) is 0 Å². The predicted molar refractivity (Wildman–Crippen MR) is 102 cm³/mol. The molecule has 1 fully saturated rings. The summed E-state index contributed by atoms with van der Waals surface area (Å²) >= 11 is 0. The Morgan fingerprint density at radius 3 is 2.36 bits per heavy atom. The fourth-order valence-electron chi connectivity index (χ4n) is 2.88. The SMILES string of the molecule is CC(=O)c1cccc(NC(=O)c2cccc(C(=O)N3CCN(C=O)CC3)n2)c1. The van der Waals surface area contributed by atoms with Crippen LogP contribution in [0.4, 0.5) is 5.69 Å². The van der Waals surface area contributed by atoms with Crippen LogP contribution in [-0.2, 0) is 4.79 Å². The van der Waals surface area contributed by atoms with Gasteiger partial charge in [-0.3, -0.25) is 19.2 Å². The molecule has 8 heteroatoms. The number of amides is 3. The summed E-state index contributed by atoms with van der Waals surface area (Å²) in [4.78, 5) is 54.8. The summed E-state index contributed by atoms with van der Waals surface area (Å²) in [7, 11) is 0. The van der Waals surface area contributed by atoms with E-state index in [1.54, 1.807) is 46.2 Å². The predicted octanol–water partition coefficient (Wildman–Crippen LogP) is 1.45. The number of nitrogens with one attached hydrogen (secondary N) is 1. The Hall–Kier alpha value is -3.55. The van der Waals surface area contributed by atoms with Gasteiger partial charge in [0.25, 0.3) is 11.8 Å². The smallest absolute Gasteiger partial charge is 0.274 e. The quantitative estimate of drug-likeness (QED) is 0.625. The van der Waals surface area contributed by atoms with Gasteiger partial charge in [-0.15, -0.1) is 0 Å². The molecule has 0 bridgehead atoms. The number of ketones is 1. The number of carbonyl (C=O) groups is 4. The third kappa shape index (κ3) is 4.40. The van der Waals surface area contributed by atoms with E-state index in [4.69, 9.17) is 0 Å². The number of carbonyl (C=O) groups excluding carboxylic acids is 4. The molecule has 144 valence electrons. The van der Waals surface area contributed by atoms with Crippen LogP contribution in [0, 0.1) is 0 Å². The van der Waals surface area contributed by atoms with Gasteiger partial charge in [-0.25, -0.2) is 4.98 Å². The molecular weight excluding hydrogens is 360 g/mol. The van der Waals surface area contributed by atoms with Gasteiger partial charge in [0.2, 0.25) is 6.41 Å². The van der Waals surface area contributed by atoms with Crippen molar-refractivity contribution in [3.8, 4) is 0 Å². The number of hydrogen-bond donors (Lipinski definition) is 1. The maximum Gasteiger partial charge on any atom is 0.274 e. The van der Waals surface area contributed by atoms with Crippen LogP contribution < -0.4 is 5.32 Å². The minimum atomic E-state index is -0.471. The van der Waals surface area contributed by atoms with Gasteiger partial charge in [0.1, 0.15) is 11.4 Å². The number of hydrogen-bond acceptors (Lipinski definition) is 5. The molecule has 1 aromatic heterocycles. The van der Waals surface area contributed by atoms with Crippen molar-refractivity contribution in [2.45, 2.75) is 6.92 Å². The molecule has 0 radical (unpaired) electrons. The van der Waals surface area contributed by atoms with Crippen molar-refractivity contribution >= 4 is 29.7 Å². The van der Waals surface area contributed by atoms with Gasteiger partial charge in [-0.1, -0.05) is 18.2 Å². The van der Waals surface area contributed by atoms with E-state index in [1.807, 2.05) is 0 Å². The number of rotatable bonds is 5. The number of Topliss-reactive ketones (excluding diaryl/α,β-unsaturated/α-hetero) is 1. The average molecular weight is 380 g/mol. The summed E-state index contributed by atoms with van der Waals surface area (Å²) < 4.78 is 0. The highest BCUT2D eigenvalue weighted by atomic mass is 16.2. The van der Waals surface area contributed by atoms with Crippen molar-refractivity contribution < 1.29 is 19.2 Å². The second-order valence-corrected chi connectivity index (χ2v) is 6.43. The molecule has 0 saturated carbocycles. The molecule has 0 unspecified atom stereocenters. The van der Waals surface area contributed by atoms with Crippen molar-refractivity contribution in [1.29, 1.82) is 0 Å². The summed E-state index contributed by atoms with van der Waals surface area (Å²) in [6.07, 6.45) is 0.770. The maximum atomic E-state index is 12.6. The highest BCUT2D eigenvalue weighted by Crippen LogP contribution is 2.13. The van der Waals surface area contributed by atoms with Crippen LogP contribution >= 0.6 is 0 Å². The molecular formula is C20H20N4O4. The first kappa shape index (κ1) is 19.2. The zero-order valence-corrected chi connectivity index (χ0v) is 15.4. The molecule has 2 aromatic rings. The first-order chi connectivity index (χ1) is 13.5. The Bertz CT molecular complexity index is 920. The van der Waals surface area contributed by atoms with Crippen molar-refractivity contribution in [2.24, 2.45) is 0 Å². The maximum absolute atomic E-state index is 12.6. The van der Waals surface area contributed by atoms with E-state index < -0.39 is 5.91 Å². The molecule has 1 aliphatic rings. The monoisotopic (exact) mass is 380 g/mol. The molecule has 0 atom stereocenters. The number of aromatic nitrogens is 1. The molecule has 2 heterocycles. The van der Waals surface area contributed by atoms with Gasteiger partial charge in [-0.05, 0) is 31.2 Å². The van der Waals surface area contributed by atoms with Gasteiger partial charge in [0, 0.05) is 37.4 Å². The first-order valence-corrected chi connectivity index (χ1v) is 8.86. The molecule has 8 nitrogen and oxygen atoms in total. The summed E-state index contributed by atoms with van der Waals surface area (Å²) in [5.41, 5.74) is 1.24. The van der Waals surface area contributed by atoms with E-state index >= 15 is 0 Å². The van der Waals surface area contributed by atoms with Crippen molar-refractivity contribution in [2.75, 3.05) is 31.5 Å². The fraction of sp³-hybridized carbons (Fsp3) is 0.250. The van der Waals surface area contributed by atoms with Gasteiger partial charge < -0.3 is 15.1 Å². The Labute approximate surface area is 162 Å². The van der Waals surface area contributed by atoms with E-state index in [0.29, 0.717) is 37.4 Å². The van der Waals surface area contributed by atoms with Crippen molar-refractivity contribution in [3.63, 3.8) is 0 Å². The number of anilines is 1. The normalized spacial score (nSPS) is 13.8. The van der Waals surface area contributed by atoms with Crippen LogP contribution in [0.3, 0.4) is 0 Å². The van der Waals surface area contributed by atoms with E-state index in [1.165, 1.54) is 13.0 Å². The molecule has 1 saturated heterocycles. The van der Waals surface area contributed by atoms with Crippen LogP contribution in [0.1, 0.15) is 38.3 Å². The fourth-order valence-corrected chi connectivity index (χ4v) is 2.88. The Balaban J connectivity index is 1.71. The second kappa shape index (κ2) is 8.43.